The number of para-hydroxylation sites is 1. The van der Waals surface area contributed by atoms with Crippen LogP contribution in [0.2, 0.25) is 0 Å². The Morgan fingerprint density at radius 1 is 0.640 bits per heavy atom. The van der Waals surface area contributed by atoms with Crippen LogP contribution in [0.4, 0.5) is 18.9 Å². The van der Waals surface area contributed by atoms with Crippen molar-refractivity contribution in [2.45, 2.75) is 0 Å². The highest BCUT2D eigenvalue weighted by atomic mass is 19.1. The molecule has 1 aliphatic carbocycles. The molecule has 0 atom stereocenters. The van der Waals surface area contributed by atoms with Gasteiger partial charge in [0.1, 0.15) is 29.0 Å². The summed E-state index contributed by atoms with van der Waals surface area (Å²) >= 11 is 0. The number of hydrogen-bond donors (Lipinski definition) is 2. The summed E-state index contributed by atoms with van der Waals surface area (Å²) in [7, 11) is 0. The minimum Gasteiger partial charge on any atom is -0.298 e. The molecule has 236 valence electrons. The first-order chi connectivity index (χ1) is 24.3. The van der Waals surface area contributed by atoms with E-state index in [-0.39, 0.29) is 11.3 Å². The lowest BCUT2D eigenvalue weighted by molar-refractivity contribution is 0.539. The molecule has 0 fully saturated rings. The van der Waals surface area contributed by atoms with Crippen molar-refractivity contribution >= 4 is 34.1 Å². The highest BCUT2D eigenvalue weighted by Crippen LogP contribution is 2.38. The van der Waals surface area contributed by atoms with E-state index in [1.54, 1.807) is 36.4 Å². The highest BCUT2D eigenvalue weighted by Gasteiger charge is 2.27. The molecule has 0 saturated heterocycles. The van der Waals surface area contributed by atoms with Crippen LogP contribution in [0.3, 0.4) is 0 Å². The Morgan fingerprint density at radius 2 is 1.26 bits per heavy atom. The van der Waals surface area contributed by atoms with Gasteiger partial charge in [-0.1, -0.05) is 66.7 Å². The van der Waals surface area contributed by atoms with E-state index in [9.17, 15) is 25.6 Å². The molecule has 10 heteroatoms. The van der Waals surface area contributed by atoms with Crippen molar-refractivity contribution in [1.82, 2.24) is 4.98 Å². The van der Waals surface area contributed by atoms with Crippen molar-refractivity contribution in [3.8, 4) is 51.7 Å². The Hall–Kier alpha value is -7.35. The average Bonchev–Trinajstić information content (AvgIpc) is 3.15. The van der Waals surface area contributed by atoms with Gasteiger partial charge in [0.2, 0.25) is 0 Å². The molecule has 1 aliphatic rings. The lowest BCUT2D eigenvalue weighted by Gasteiger charge is -2.20. The summed E-state index contributed by atoms with van der Waals surface area (Å²) in [6.07, 6.45) is 3.51. The number of nitrogens with one attached hydrogen (secondary N) is 2. The summed E-state index contributed by atoms with van der Waals surface area (Å²) in [5, 5.41) is 42.3. The largest absolute Gasteiger partial charge is 0.298 e. The third-order valence-corrected chi connectivity index (χ3v) is 8.35. The van der Waals surface area contributed by atoms with Crippen molar-refractivity contribution in [3.05, 3.63) is 148 Å². The smallest absolute Gasteiger partial charge is 0.164 e. The molecule has 0 bridgehead atoms. The fraction of sp³-hybridized carbons (Fsp3) is 0. The molecule has 0 amide bonds. The summed E-state index contributed by atoms with van der Waals surface area (Å²) in [5.74, 6) is -4.36. The Morgan fingerprint density at radius 3 is 1.90 bits per heavy atom. The summed E-state index contributed by atoms with van der Waals surface area (Å²) in [5.41, 5.74) is 6.45. The summed E-state index contributed by atoms with van der Waals surface area (Å²) < 4.78 is 44.8. The van der Waals surface area contributed by atoms with Gasteiger partial charge >= 0.3 is 0 Å². The number of hydrogen-bond acceptors (Lipinski definition) is 7. The maximum absolute atomic E-state index is 15.2. The predicted octanol–water partition coefficient (Wildman–Crippen LogP) is 9.13. The van der Waals surface area contributed by atoms with Crippen LogP contribution >= 0.6 is 0 Å². The normalized spacial score (nSPS) is 12.6. The second-order valence-corrected chi connectivity index (χ2v) is 11.2. The monoisotopic (exact) mass is 655 g/mol. The Bertz CT molecular complexity index is 2530. The number of nitrogens with zero attached hydrogens (tertiary/aromatic N) is 5. The summed E-state index contributed by atoms with van der Waals surface area (Å²) in [6, 6.07) is 33.0. The van der Waals surface area contributed by atoms with Crippen molar-refractivity contribution in [2.24, 2.45) is 5.10 Å². The molecular formula is C40H20F3N7. The lowest BCUT2D eigenvalue weighted by atomic mass is 9.87. The van der Waals surface area contributed by atoms with Crippen LogP contribution in [0.5, 0.6) is 0 Å². The highest BCUT2D eigenvalue weighted by molar-refractivity contribution is 6.55. The first kappa shape index (κ1) is 31.3. The molecule has 0 aliphatic heterocycles. The fourth-order valence-electron chi connectivity index (χ4n) is 5.86. The van der Waals surface area contributed by atoms with E-state index in [2.05, 4.69) is 16.6 Å². The van der Waals surface area contributed by atoms with E-state index in [0.29, 0.717) is 44.6 Å². The van der Waals surface area contributed by atoms with E-state index in [4.69, 9.17) is 4.98 Å². The van der Waals surface area contributed by atoms with Crippen molar-refractivity contribution in [1.29, 1.82) is 21.2 Å². The molecule has 7 nitrogen and oxygen atoms in total. The molecule has 1 heterocycles. The fourth-order valence-corrected chi connectivity index (χ4v) is 5.86. The Balaban J connectivity index is 1.38. The van der Waals surface area contributed by atoms with E-state index in [1.807, 2.05) is 60.7 Å². The van der Waals surface area contributed by atoms with Gasteiger partial charge in [-0.25, -0.2) is 18.2 Å². The molecule has 6 aromatic rings. The third kappa shape index (κ3) is 5.32. The quantitative estimate of drug-likeness (QED) is 0.179. The van der Waals surface area contributed by atoms with Gasteiger partial charge in [0.05, 0.1) is 39.8 Å². The summed E-state index contributed by atoms with van der Waals surface area (Å²) in [6.45, 7) is 0. The number of benzene rings is 5. The van der Waals surface area contributed by atoms with Crippen molar-refractivity contribution in [2.75, 3.05) is 5.43 Å². The van der Waals surface area contributed by atoms with E-state index in [1.165, 1.54) is 24.3 Å². The zero-order chi connectivity index (χ0) is 34.9. The molecule has 0 spiro atoms. The second-order valence-electron chi connectivity index (χ2n) is 11.2. The molecule has 2 N–H and O–H groups in total. The van der Waals surface area contributed by atoms with Crippen molar-refractivity contribution < 1.29 is 13.2 Å². The molecule has 0 saturated carbocycles. The summed E-state index contributed by atoms with van der Waals surface area (Å²) in [4.78, 5) is 5.00. The van der Waals surface area contributed by atoms with Gasteiger partial charge in [-0.2, -0.15) is 20.9 Å². The molecular weight excluding hydrogens is 635 g/mol. The van der Waals surface area contributed by atoms with Gasteiger partial charge in [0, 0.05) is 22.1 Å². The zero-order valence-corrected chi connectivity index (χ0v) is 25.8. The van der Waals surface area contributed by atoms with Gasteiger partial charge in [-0.05, 0) is 59.2 Å². The van der Waals surface area contributed by atoms with Crippen LogP contribution in [0.25, 0.3) is 50.5 Å². The SMILES string of the molecule is N#Cc1ccc(-c2ccc3c4c(c(-c5ccc(-c6c(F)c(C#N)c(F)c(C#N)c6F)cc5)nc3c2)C=C/C(=N/Nc2ccccc2)C4=N)cc1. The molecule has 5 aromatic carbocycles. The average molecular weight is 656 g/mol. The zero-order valence-electron chi connectivity index (χ0n) is 25.8. The van der Waals surface area contributed by atoms with Gasteiger partial charge < -0.3 is 0 Å². The maximum Gasteiger partial charge on any atom is 0.164 e. The first-order valence-corrected chi connectivity index (χ1v) is 15.1. The number of nitriles is 3. The molecule has 1 aromatic heterocycles. The topological polar surface area (TPSA) is 132 Å². The number of aromatic nitrogens is 1. The standard InChI is InChI=1S/C40H20F3N7/c41-36-30(20-45)37(42)34(38(43)31(36)21-46)24-10-12-25(13-11-24)40-29-16-17-32(50-49-27-4-2-1-3-5-27)39(47)35(29)28-15-14-26(18-33(28)48-40)23-8-6-22(19-44)7-9-23/h1-18,47,49H/b47-39?,50-32-. The molecule has 0 radical (unpaired) electrons. The number of allylic oxidation sites excluding steroid dienone is 1. The molecule has 0 unspecified atom stereocenters. The van der Waals surface area contributed by atoms with Gasteiger partial charge in [0.15, 0.2) is 17.5 Å². The van der Waals surface area contributed by atoms with Crippen LogP contribution in [0.1, 0.15) is 27.8 Å². The Kier molecular flexibility index (Phi) is 7.93. The number of pyridine rings is 1. The van der Waals surface area contributed by atoms with Gasteiger partial charge in [-0.3, -0.25) is 10.8 Å². The minimum absolute atomic E-state index is 0.0146. The van der Waals surface area contributed by atoms with Crippen LogP contribution in [-0.4, -0.2) is 16.4 Å². The predicted molar refractivity (Wildman–Crippen MR) is 185 cm³/mol. The minimum atomic E-state index is -1.55. The Labute approximate surface area is 283 Å². The van der Waals surface area contributed by atoms with Crippen molar-refractivity contribution in [3.63, 3.8) is 0 Å². The number of hydrazone groups is 1. The maximum atomic E-state index is 15.2. The van der Waals surface area contributed by atoms with Crippen LogP contribution in [0.15, 0.2) is 108 Å². The second kappa shape index (κ2) is 12.7. The first-order valence-electron chi connectivity index (χ1n) is 15.1. The van der Waals surface area contributed by atoms with E-state index >= 15 is 8.78 Å². The van der Waals surface area contributed by atoms with Crippen LogP contribution < -0.4 is 5.43 Å². The number of rotatable bonds is 5. The van der Waals surface area contributed by atoms with Gasteiger partial charge in [0.25, 0.3) is 0 Å². The third-order valence-electron chi connectivity index (χ3n) is 8.35. The van der Waals surface area contributed by atoms with E-state index in [0.717, 1.165) is 16.8 Å². The number of anilines is 1. The number of halogens is 3. The van der Waals surface area contributed by atoms with Crippen LogP contribution in [0, 0.1) is 56.9 Å². The van der Waals surface area contributed by atoms with Crippen LogP contribution in [-0.2, 0) is 0 Å². The van der Waals surface area contributed by atoms with Gasteiger partial charge in [-0.15, -0.1) is 0 Å². The van der Waals surface area contributed by atoms with E-state index < -0.39 is 34.1 Å². The number of fused-ring (bicyclic) bond motifs is 3. The molecule has 50 heavy (non-hydrogen) atoms. The lowest BCUT2D eigenvalue weighted by Crippen LogP contribution is -2.20. The molecule has 7 rings (SSSR count).